The van der Waals surface area contributed by atoms with E-state index in [1.54, 1.807) is 0 Å². The Morgan fingerprint density at radius 1 is 1.55 bits per heavy atom. The van der Waals surface area contributed by atoms with Crippen LogP contribution >= 0.6 is 0 Å². The lowest BCUT2D eigenvalue weighted by Crippen LogP contribution is -2.26. The van der Waals surface area contributed by atoms with E-state index >= 15 is 0 Å². The number of aliphatic hydroxyl groups is 1. The molecule has 1 rings (SSSR count). The van der Waals surface area contributed by atoms with Gasteiger partial charge in [0.2, 0.25) is 0 Å². The lowest BCUT2D eigenvalue weighted by Gasteiger charge is -2.28. The molecular formula is C10H18O. The van der Waals surface area contributed by atoms with Gasteiger partial charge in [0.15, 0.2) is 0 Å². The topological polar surface area (TPSA) is 20.2 Å². The van der Waals surface area contributed by atoms with Gasteiger partial charge in [-0.2, -0.15) is 0 Å². The maximum Gasteiger partial charge on any atom is 0.0657 e. The SMILES string of the molecule is CC(C)C1=CC[C@@](C)(O)CC1. The Kier molecular flexibility index (Phi) is 2.38. The van der Waals surface area contributed by atoms with Gasteiger partial charge in [-0.15, -0.1) is 0 Å². The Balaban J connectivity index is 2.58. The zero-order valence-electron chi connectivity index (χ0n) is 7.72. The van der Waals surface area contributed by atoms with Crippen molar-refractivity contribution in [1.29, 1.82) is 0 Å². The molecule has 1 aliphatic rings. The van der Waals surface area contributed by atoms with Crippen LogP contribution in [0.25, 0.3) is 0 Å². The molecule has 0 aromatic rings. The zero-order chi connectivity index (χ0) is 8.48. The van der Waals surface area contributed by atoms with Gasteiger partial charge < -0.3 is 5.11 Å². The molecule has 1 aliphatic carbocycles. The van der Waals surface area contributed by atoms with Crippen molar-refractivity contribution in [3.63, 3.8) is 0 Å². The molecule has 0 aliphatic heterocycles. The van der Waals surface area contributed by atoms with Gasteiger partial charge >= 0.3 is 0 Å². The van der Waals surface area contributed by atoms with E-state index in [0.29, 0.717) is 5.92 Å². The van der Waals surface area contributed by atoms with Gasteiger partial charge in [-0.1, -0.05) is 25.5 Å². The van der Waals surface area contributed by atoms with E-state index in [-0.39, 0.29) is 0 Å². The first-order chi connectivity index (χ1) is 5.01. The number of hydrogen-bond donors (Lipinski definition) is 1. The minimum absolute atomic E-state index is 0.432. The van der Waals surface area contributed by atoms with E-state index in [4.69, 9.17) is 0 Å². The molecule has 0 aromatic heterocycles. The summed E-state index contributed by atoms with van der Waals surface area (Å²) in [4.78, 5) is 0. The molecule has 0 spiro atoms. The van der Waals surface area contributed by atoms with Crippen LogP contribution in [0.1, 0.15) is 40.0 Å². The molecule has 1 atom stereocenters. The summed E-state index contributed by atoms with van der Waals surface area (Å²) in [5.74, 6) is 0.658. The predicted octanol–water partition coefficient (Wildman–Crippen LogP) is 2.50. The molecule has 0 fully saturated rings. The predicted molar refractivity (Wildman–Crippen MR) is 47.4 cm³/mol. The molecule has 0 aromatic carbocycles. The van der Waals surface area contributed by atoms with Gasteiger partial charge in [0, 0.05) is 0 Å². The van der Waals surface area contributed by atoms with Gasteiger partial charge in [-0.3, -0.25) is 0 Å². The molecule has 0 saturated carbocycles. The maximum absolute atomic E-state index is 9.63. The monoisotopic (exact) mass is 154 g/mol. The smallest absolute Gasteiger partial charge is 0.0657 e. The zero-order valence-corrected chi connectivity index (χ0v) is 7.72. The third-order valence-corrected chi connectivity index (χ3v) is 2.50. The second-order valence-corrected chi connectivity index (χ2v) is 4.13. The van der Waals surface area contributed by atoms with Gasteiger partial charge in [0.25, 0.3) is 0 Å². The van der Waals surface area contributed by atoms with Crippen LogP contribution in [0, 0.1) is 5.92 Å². The van der Waals surface area contributed by atoms with Crippen molar-refractivity contribution in [3.8, 4) is 0 Å². The standard InChI is InChI=1S/C10H18O/c1-8(2)9-4-6-10(3,11)7-5-9/h4,8,11H,5-7H2,1-3H3/t10-/m1/s1. The molecule has 0 unspecified atom stereocenters. The first-order valence-corrected chi connectivity index (χ1v) is 4.42. The van der Waals surface area contributed by atoms with Crippen LogP contribution in [-0.4, -0.2) is 10.7 Å². The number of rotatable bonds is 1. The van der Waals surface area contributed by atoms with Gasteiger partial charge in [-0.25, -0.2) is 0 Å². The first kappa shape index (κ1) is 8.79. The molecule has 0 saturated heterocycles. The summed E-state index contributed by atoms with van der Waals surface area (Å²) in [6, 6.07) is 0. The van der Waals surface area contributed by atoms with Crippen LogP contribution in [0.3, 0.4) is 0 Å². The Bertz CT molecular complexity index is 166. The summed E-state index contributed by atoms with van der Waals surface area (Å²) >= 11 is 0. The summed E-state index contributed by atoms with van der Waals surface area (Å²) < 4.78 is 0. The fourth-order valence-corrected chi connectivity index (χ4v) is 1.49. The highest BCUT2D eigenvalue weighted by Crippen LogP contribution is 2.30. The average molecular weight is 154 g/mol. The summed E-state index contributed by atoms with van der Waals surface area (Å²) in [5, 5.41) is 9.63. The molecule has 64 valence electrons. The van der Waals surface area contributed by atoms with Crippen molar-refractivity contribution in [2.24, 2.45) is 5.92 Å². The minimum atomic E-state index is -0.432. The molecule has 11 heavy (non-hydrogen) atoms. The molecule has 1 nitrogen and oxygen atoms in total. The van der Waals surface area contributed by atoms with Crippen molar-refractivity contribution in [3.05, 3.63) is 11.6 Å². The van der Waals surface area contributed by atoms with E-state index < -0.39 is 5.60 Å². The van der Waals surface area contributed by atoms with E-state index in [1.165, 1.54) is 5.57 Å². The largest absolute Gasteiger partial charge is 0.390 e. The highest BCUT2D eigenvalue weighted by Gasteiger charge is 2.23. The van der Waals surface area contributed by atoms with E-state index in [0.717, 1.165) is 19.3 Å². The number of allylic oxidation sites excluding steroid dienone is 1. The molecule has 1 N–H and O–H groups in total. The Hall–Kier alpha value is -0.300. The van der Waals surface area contributed by atoms with E-state index in [2.05, 4.69) is 19.9 Å². The van der Waals surface area contributed by atoms with Crippen molar-refractivity contribution >= 4 is 0 Å². The van der Waals surface area contributed by atoms with Gasteiger partial charge in [0.05, 0.1) is 5.60 Å². The van der Waals surface area contributed by atoms with Crippen LogP contribution < -0.4 is 0 Å². The van der Waals surface area contributed by atoms with Crippen molar-refractivity contribution < 1.29 is 5.11 Å². The molecule has 0 radical (unpaired) electrons. The fraction of sp³-hybridized carbons (Fsp3) is 0.800. The van der Waals surface area contributed by atoms with Crippen LogP contribution in [0.15, 0.2) is 11.6 Å². The third-order valence-electron chi connectivity index (χ3n) is 2.50. The third kappa shape index (κ3) is 2.33. The maximum atomic E-state index is 9.63. The van der Waals surface area contributed by atoms with Crippen molar-refractivity contribution in [2.45, 2.75) is 45.6 Å². The number of hydrogen-bond acceptors (Lipinski definition) is 1. The molecular weight excluding hydrogens is 136 g/mol. The lowest BCUT2D eigenvalue weighted by atomic mass is 9.83. The summed E-state index contributed by atoms with van der Waals surface area (Å²) in [6.45, 7) is 6.35. The molecule has 1 heteroatoms. The lowest BCUT2D eigenvalue weighted by molar-refractivity contribution is 0.0485. The van der Waals surface area contributed by atoms with Crippen molar-refractivity contribution in [1.82, 2.24) is 0 Å². The van der Waals surface area contributed by atoms with E-state index in [9.17, 15) is 5.11 Å². The summed E-state index contributed by atoms with van der Waals surface area (Å²) in [6.07, 6.45) is 5.04. The fourth-order valence-electron chi connectivity index (χ4n) is 1.49. The van der Waals surface area contributed by atoms with Gasteiger partial charge in [-0.05, 0) is 32.1 Å². The van der Waals surface area contributed by atoms with Crippen LogP contribution in [0.2, 0.25) is 0 Å². The van der Waals surface area contributed by atoms with Crippen LogP contribution in [-0.2, 0) is 0 Å². The first-order valence-electron chi connectivity index (χ1n) is 4.42. The molecule has 0 heterocycles. The van der Waals surface area contributed by atoms with Gasteiger partial charge in [0.1, 0.15) is 0 Å². The van der Waals surface area contributed by atoms with Crippen LogP contribution in [0.5, 0.6) is 0 Å². The summed E-state index contributed by atoms with van der Waals surface area (Å²) in [7, 11) is 0. The van der Waals surface area contributed by atoms with E-state index in [1.807, 2.05) is 6.92 Å². The molecule has 0 amide bonds. The summed E-state index contributed by atoms with van der Waals surface area (Å²) in [5.41, 5.74) is 1.08. The minimum Gasteiger partial charge on any atom is -0.390 e. The Morgan fingerprint density at radius 3 is 2.55 bits per heavy atom. The highest BCUT2D eigenvalue weighted by molar-refractivity contribution is 5.11. The second kappa shape index (κ2) is 2.98. The van der Waals surface area contributed by atoms with Crippen LogP contribution in [0.4, 0.5) is 0 Å². The molecule has 0 bridgehead atoms. The normalized spacial score (nSPS) is 32.3. The second-order valence-electron chi connectivity index (χ2n) is 4.13. The quantitative estimate of drug-likeness (QED) is 0.575. The highest BCUT2D eigenvalue weighted by atomic mass is 16.3. The van der Waals surface area contributed by atoms with Crippen molar-refractivity contribution in [2.75, 3.05) is 0 Å². The average Bonchev–Trinajstić information content (AvgIpc) is 1.86. The Labute approximate surface area is 69.1 Å². The Morgan fingerprint density at radius 2 is 2.18 bits per heavy atom.